The summed E-state index contributed by atoms with van der Waals surface area (Å²) in [5.41, 5.74) is 5.30. The predicted molar refractivity (Wildman–Crippen MR) is 109 cm³/mol. The van der Waals surface area contributed by atoms with Gasteiger partial charge in [-0.1, -0.05) is 48.5 Å². The number of aromatic nitrogens is 1. The van der Waals surface area contributed by atoms with Gasteiger partial charge in [0.2, 0.25) is 0 Å². The molecule has 3 nitrogen and oxygen atoms in total. The third-order valence-electron chi connectivity index (χ3n) is 5.38. The van der Waals surface area contributed by atoms with E-state index in [2.05, 4.69) is 34.1 Å². The van der Waals surface area contributed by atoms with E-state index < -0.39 is 0 Å². The van der Waals surface area contributed by atoms with Crippen LogP contribution in [0.3, 0.4) is 0 Å². The fraction of sp³-hybridized carbons (Fsp3) is 0.174. The molecule has 0 radical (unpaired) electrons. The Kier molecular flexibility index (Phi) is 3.52. The summed E-state index contributed by atoms with van der Waals surface area (Å²) < 4.78 is 0. The van der Waals surface area contributed by atoms with Crippen molar-refractivity contribution >= 4 is 27.5 Å². The summed E-state index contributed by atoms with van der Waals surface area (Å²) >= 11 is 0. The van der Waals surface area contributed by atoms with Crippen molar-refractivity contribution in [3.8, 4) is 11.1 Å². The van der Waals surface area contributed by atoms with Crippen LogP contribution in [-0.2, 0) is 0 Å². The van der Waals surface area contributed by atoms with Gasteiger partial charge in [-0.15, -0.1) is 0 Å². The monoisotopic (exact) mass is 340 g/mol. The first-order valence-corrected chi connectivity index (χ1v) is 9.21. The average Bonchev–Trinajstić information content (AvgIpc) is 3.23. The first kappa shape index (κ1) is 15.2. The second-order valence-electron chi connectivity index (χ2n) is 6.94. The van der Waals surface area contributed by atoms with E-state index >= 15 is 0 Å². The SMILES string of the molecule is O=c1c2cccc(-c3ccccc3)c2[nH]c2c(N3CCCC3)cccc12. The molecule has 3 aromatic carbocycles. The number of benzene rings is 3. The Labute approximate surface area is 151 Å². The lowest BCUT2D eigenvalue weighted by Gasteiger charge is -2.20. The molecular weight excluding hydrogens is 320 g/mol. The molecule has 128 valence electrons. The maximum atomic E-state index is 13.2. The minimum Gasteiger partial charge on any atom is -0.370 e. The smallest absolute Gasteiger partial charge is 0.197 e. The molecule has 4 aromatic rings. The molecule has 1 saturated heterocycles. The molecule has 1 aromatic heterocycles. The van der Waals surface area contributed by atoms with Crippen molar-refractivity contribution in [2.45, 2.75) is 12.8 Å². The van der Waals surface area contributed by atoms with Crippen LogP contribution in [0.15, 0.2) is 71.5 Å². The lowest BCUT2D eigenvalue weighted by atomic mass is 10.0. The van der Waals surface area contributed by atoms with Crippen LogP contribution in [-0.4, -0.2) is 18.1 Å². The van der Waals surface area contributed by atoms with E-state index in [1.54, 1.807) is 0 Å². The number of H-pyrrole nitrogens is 1. The number of hydrogen-bond donors (Lipinski definition) is 1. The Hall–Kier alpha value is -3.07. The lowest BCUT2D eigenvalue weighted by molar-refractivity contribution is 0.949. The lowest BCUT2D eigenvalue weighted by Crippen LogP contribution is -2.19. The van der Waals surface area contributed by atoms with Crippen molar-refractivity contribution in [3.63, 3.8) is 0 Å². The maximum Gasteiger partial charge on any atom is 0.197 e. The fourth-order valence-electron chi connectivity index (χ4n) is 4.09. The van der Waals surface area contributed by atoms with Gasteiger partial charge in [0.05, 0.1) is 16.7 Å². The van der Waals surface area contributed by atoms with Gasteiger partial charge in [-0.25, -0.2) is 0 Å². The molecule has 0 amide bonds. The second kappa shape index (κ2) is 6.03. The van der Waals surface area contributed by atoms with E-state index in [1.807, 2.05) is 42.5 Å². The number of pyridine rings is 1. The van der Waals surface area contributed by atoms with Crippen molar-refractivity contribution < 1.29 is 0 Å². The number of fused-ring (bicyclic) bond motifs is 2. The van der Waals surface area contributed by atoms with Crippen LogP contribution in [0.2, 0.25) is 0 Å². The quantitative estimate of drug-likeness (QED) is 0.524. The van der Waals surface area contributed by atoms with Crippen LogP contribution in [0, 0.1) is 0 Å². The highest BCUT2D eigenvalue weighted by atomic mass is 16.1. The molecular formula is C23H20N2O. The van der Waals surface area contributed by atoms with Gasteiger partial charge < -0.3 is 9.88 Å². The highest BCUT2D eigenvalue weighted by Gasteiger charge is 2.17. The van der Waals surface area contributed by atoms with Crippen LogP contribution < -0.4 is 10.3 Å². The molecule has 0 saturated carbocycles. The standard InChI is InChI=1S/C23H20N2O/c26-23-18-11-6-10-17(16-8-2-1-3-9-16)21(18)24-22-19(23)12-7-13-20(22)25-14-4-5-15-25/h1-3,6-13H,4-5,14-15H2,(H,24,26). The Morgan fingerprint density at radius 3 is 2.19 bits per heavy atom. The van der Waals surface area contributed by atoms with Crippen LogP contribution >= 0.6 is 0 Å². The third-order valence-corrected chi connectivity index (χ3v) is 5.38. The maximum absolute atomic E-state index is 13.2. The molecule has 26 heavy (non-hydrogen) atoms. The number of para-hydroxylation sites is 2. The highest BCUT2D eigenvalue weighted by Crippen LogP contribution is 2.31. The summed E-state index contributed by atoms with van der Waals surface area (Å²) in [5, 5.41) is 1.52. The molecule has 0 aliphatic carbocycles. The number of rotatable bonds is 2. The van der Waals surface area contributed by atoms with Crippen LogP contribution in [0.25, 0.3) is 32.9 Å². The van der Waals surface area contributed by atoms with Crippen molar-refractivity contribution in [3.05, 3.63) is 77.0 Å². The summed E-state index contributed by atoms with van der Waals surface area (Å²) in [6.07, 6.45) is 2.42. The summed E-state index contributed by atoms with van der Waals surface area (Å²) in [7, 11) is 0. The van der Waals surface area contributed by atoms with E-state index in [9.17, 15) is 4.79 Å². The van der Waals surface area contributed by atoms with E-state index in [0.717, 1.165) is 51.7 Å². The third kappa shape index (κ3) is 2.31. The molecule has 5 rings (SSSR count). The van der Waals surface area contributed by atoms with E-state index in [1.165, 1.54) is 12.8 Å². The normalized spacial score (nSPS) is 14.4. The zero-order valence-electron chi connectivity index (χ0n) is 14.5. The molecule has 2 heterocycles. The molecule has 3 heteroatoms. The van der Waals surface area contributed by atoms with E-state index in [-0.39, 0.29) is 5.43 Å². The summed E-state index contributed by atoms with van der Waals surface area (Å²) in [4.78, 5) is 19.2. The zero-order chi connectivity index (χ0) is 17.5. The molecule has 0 bridgehead atoms. The number of nitrogens with zero attached hydrogens (tertiary/aromatic N) is 1. The Morgan fingerprint density at radius 1 is 0.731 bits per heavy atom. The Balaban J connectivity index is 1.86. The Bertz CT molecular complexity index is 1160. The van der Waals surface area contributed by atoms with Gasteiger partial charge in [0.1, 0.15) is 0 Å². The van der Waals surface area contributed by atoms with Gasteiger partial charge in [0.25, 0.3) is 0 Å². The van der Waals surface area contributed by atoms with Crippen LogP contribution in [0.4, 0.5) is 5.69 Å². The van der Waals surface area contributed by atoms with Crippen molar-refractivity contribution in [1.29, 1.82) is 0 Å². The molecule has 1 fully saturated rings. The predicted octanol–water partition coefficient (Wildman–Crippen LogP) is 4.95. The number of anilines is 1. The molecule has 0 atom stereocenters. The van der Waals surface area contributed by atoms with Crippen molar-refractivity contribution in [2.75, 3.05) is 18.0 Å². The minimum atomic E-state index is 0.104. The van der Waals surface area contributed by atoms with Crippen molar-refractivity contribution in [2.24, 2.45) is 0 Å². The first-order valence-electron chi connectivity index (χ1n) is 9.21. The van der Waals surface area contributed by atoms with Crippen molar-refractivity contribution in [1.82, 2.24) is 4.98 Å². The van der Waals surface area contributed by atoms with Crippen LogP contribution in [0.5, 0.6) is 0 Å². The van der Waals surface area contributed by atoms with Gasteiger partial charge in [-0.3, -0.25) is 4.79 Å². The van der Waals surface area contributed by atoms with Crippen LogP contribution in [0.1, 0.15) is 12.8 Å². The fourth-order valence-corrected chi connectivity index (χ4v) is 4.09. The van der Waals surface area contributed by atoms with E-state index in [0.29, 0.717) is 0 Å². The first-order chi connectivity index (χ1) is 12.8. The van der Waals surface area contributed by atoms with Gasteiger partial charge in [0.15, 0.2) is 5.43 Å². The van der Waals surface area contributed by atoms with Gasteiger partial charge >= 0.3 is 0 Å². The highest BCUT2D eigenvalue weighted by molar-refractivity contribution is 6.03. The second-order valence-corrected chi connectivity index (χ2v) is 6.94. The minimum absolute atomic E-state index is 0.104. The number of hydrogen-bond acceptors (Lipinski definition) is 2. The molecule has 1 aliphatic heterocycles. The van der Waals surface area contributed by atoms with Gasteiger partial charge in [-0.05, 0) is 36.6 Å². The Morgan fingerprint density at radius 2 is 1.42 bits per heavy atom. The summed E-state index contributed by atoms with van der Waals surface area (Å²) in [6, 6.07) is 22.3. The number of aromatic amines is 1. The average molecular weight is 340 g/mol. The van der Waals surface area contributed by atoms with Gasteiger partial charge in [-0.2, -0.15) is 0 Å². The largest absolute Gasteiger partial charge is 0.370 e. The van der Waals surface area contributed by atoms with Gasteiger partial charge in [0, 0.05) is 29.4 Å². The summed E-state index contributed by atoms with van der Waals surface area (Å²) in [6.45, 7) is 2.11. The molecule has 1 aliphatic rings. The van der Waals surface area contributed by atoms with E-state index in [4.69, 9.17) is 0 Å². The topological polar surface area (TPSA) is 36.1 Å². The number of nitrogens with one attached hydrogen (secondary N) is 1. The summed E-state index contributed by atoms with van der Waals surface area (Å²) in [5.74, 6) is 0. The molecule has 0 unspecified atom stereocenters. The molecule has 0 spiro atoms. The molecule has 1 N–H and O–H groups in total. The zero-order valence-corrected chi connectivity index (χ0v) is 14.5.